The highest BCUT2D eigenvalue weighted by Gasteiger charge is 2.30. The van der Waals surface area contributed by atoms with Crippen molar-refractivity contribution in [1.29, 1.82) is 0 Å². The molecule has 0 bridgehead atoms. The minimum atomic E-state index is -4.96. The van der Waals surface area contributed by atoms with Gasteiger partial charge in [0.05, 0.1) is 26.4 Å². The summed E-state index contributed by atoms with van der Waals surface area (Å²) in [6.45, 7) is 12.0. The van der Waals surface area contributed by atoms with Crippen molar-refractivity contribution in [3.63, 3.8) is 0 Å². The number of hydrogen-bond acceptors (Lipinski definition) is 15. The molecule has 5 unspecified atom stereocenters. The predicted molar refractivity (Wildman–Crippen MR) is 423 cm³/mol. The van der Waals surface area contributed by atoms with Crippen LogP contribution in [0.15, 0.2) is 0 Å². The van der Waals surface area contributed by atoms with Crippen molar-refractivity contribution in [2.45, 2.75) is 458 Å². The fraction of sp³-hybridized carbons (Fsp3) is 0.952. The van der Waals surface area contributed by atoms with Crippen LogP contribution in [-0.2, 0) is 65.4 Å². The summed E-state index contributed by atoms with van der Waals surface area (Å²) < 4.78 is 68.7. The Labute approximate surface area is 632 Å². The summed E-state index contributed by atoms with van der Waals surface area (Å²) in [5.74, 6) is 0.352. The van der Waals surface area contributed by atoms with Gasteiger partial charge in [-0.1, -0.05) is 389 Å². The minimum absolute atomic E-state index is 0.103. The molecule has 0 fully saturated rings. The van der Waals surface area contributed by atoms with Crippen molar-refractivity contribution in [1.82, 2.24) is 0 Å². The largest absolute Gasteiger partial charge is 0.472 e. The molecule has 0 rings (SSSR count). The van der Waals surface area contributed by atoms with Crippen molar-refractivity contribution in [2.24, 2.45) is 17.8 Å². The lowest BCUT2D eigenvalue weighted by Crippen LogP contribution is -2.30. The van der Waals surface area contributed by atoms with Gasteiger partial charge in [-0.05, 0) is 43.4 Å². The van der Waals surface area contributed by atoms with Gasteiger partial charge in [0, 0.05) is 25.7 Å². The van der Waals surface area contributed by atoms with E-state index in [0.717, 1.165) is 108 Å². The van der Waals surface area contributed by atoms with Gasteiger partial charge in [0.2, 0.25) is 0 Å². The number of aliphatic hydroxyl groups is 1. The molecule has 19 heteroatoms. The number of aliphatic hydroxyl groups excluding tert-OH is 1. The average molecular weight is 1510 g/mol. The lowest BCUT2D eigenvalue weighted by Gasteiger charge is -2.21. The van der Waals surface area contributed by atoms with Crippen molar-refractivity contribution in [3.8, 4) is 0 Å². The van der Waals surface area contributed by atoms with Gasteiger partial charge in [0.25, 0.3) is 0 Å². The van der Waals surface area contributed by atoms with E-state index in [9.17, 15) is 43.2 Å². The monoisotopic (exact) mass is 1510 g/mol. The van der Waals surface area contributed by atoms with Crippen LogP contribution in [0, 0.1) is 17.8 Å². The number of ether oxygens (including phenoxy) is 4. The Morgan fingerprint density at radius 3 is 0.689 bits per heavy atom. The van der Waals surface area contributed by atoms with E-state index in [-0.39, 0.29) is 25.7 Å². The number of phosphoric ester groups is 2. The Morgan fingerprint density at radius 1 is 0.272 bits per heavy atom. The molecule has 3 N–H and O–H groups in total. The third-order valence-corrected chi connectivity index (χ3v) is 22.6. The highest BCUT2D eigenvalue weighted by molar-refractivity contribution is 7.47. The maximum absolute atomic E-state index is 13.1. The fourth-order valence-corrected chi connectivity index (χ4v) is 14.5. The minimum Gasteiger partial charge on any atom is -0.462 e. The first kappa shape index (κ1) is 101. The smallest absolute Gasteiger partial charge is 0.462 e. The van der Waals surface area contributed by atoms with Crippen LogP contribution < -0.4 is 0 Å². The third-order valence-electron chi connectivity index (χ3n) is 20.7. The molecule has 0 saturated heterocycles. The van der Waals surface area contributed by atoms with Crippen LogP contribution in [0.25, 0.3) is 0 Å². The molecule has 0 aromatic heterocycles. The lowest BCUT2D eigenvalue weighted by atomic mass is 9.99. The van der Waals surface area contributed by atoms with Gasteiger partial charge in [0.1, 0.15) is 19.3 Å². The Kier molecular flexibility index (Phi) is 72.8. The van der Waals surface area contributed by atoms with Gasteiger partial charge in [-0.3, -0.25) is 37.3 Å². The van der Waals surface area contributed by atoms with E-state index in [4.69, 9.17) is 37.0 Å². The van der Waals surface area contributed by atoms with Crippen LogP contribution in [0.5, 0.6) is 0 Å². The molecule has 612 valence electrons. The molecule has 0 saturated carbocycles. The molecule has 8 atom stereocenters. The summed E-state index contributed by atoms with van der Waals surface area (Å²) in [6, 6.07) is 0. The summed E-state index contributed by atoms with van der Waals surface area (Å²) in [7, 11) is -9.92. The van der Waals surface area contributed by atoms with Crippen molar-refractivity contribution >= 4 is 39.5 Å². The summed E-state index contributed by atoms with van der Waals surface area (Å²) >= 11 is 0. The first-order valence-corrected chi connectivity index (χ1v) is 46.5. The van der Waals surface area contributed by atoms with Crippen LogP contribution in [0.4, 0.5) is 0 Å². The molecule has 0 spiro atoms. The number of hydrogen-bond donors (Lipinski definition) is 3. The Bertz CT molecular complexity index is 2000. The summed E-state index contributed by atoms with van der Waals surface area (Å²) in [6.07, 6.45) is 64.1. The Hall–Kier alpha value is -1.94. The maximum atomic E-state index is 13.1. The summed E-state index contributed by atoms with van der Waals surface area (Å²) in [5.41, 5.74) is 0. The predicted octanol–water partition coefficient (Wildman–Crippen LogP) is 25.3. The average Bonchev–Trinajstić information content (AvgIpc) is 0.913. The Balaban J connectivity index is 5.16. The standard InChI is InChI=1S/C84H164O17P2/c1-8-12-13-14-15-36-43-51-58-65-81(86)94-72-80(101-84(89)68-61-54-47-46-50-57-64-77(7)11-4)74-99-103(92,93)97-70-78(85)69-96-102(90,91)98-73-79(100-83(88)67-60-53-45-40-35-31-27-23-19-17-21-25-29-33-38-42-49-56-63-76(6)10-3)71-95-82(87)66-59-52-44-39-34-30-26-22-18-16-20-24-28-32-37-41-48-55-62-75(5)9-2/h75-80,85H,8-74H2,1-7H3,(H,90,91)(H,92,93)/t75?,76?,77?,78-,79-,80-/m1/s1. The van der Waals surface area contributed by atoms with Crippen molar-refractivity contribution in [2.75, 3.05) is 39.6 Å². The first-order chi connectivity index (χ1) is 49.8. The molecule has 0 amide bonds. The fourth-order valence-electron chi connectivity index (χ4n) is 12.9. The first-order valence-electron chi connectivity index (χ1n) is 43.5. The molecule has 0 aliphatic rings. The molecular formula is C84H164O17P2. The van der Waals surface area contributed by atoms with E-state index in [1.807, 2.05) is 0 Å². The van der Waals surface area contributed by atoms with Gasteiger partial charge in [0.15, 0.2) is 12.2 Å². The zero-order valence-electron chi connectivity index (χ0n) is 67.8. The molecular weight excluding hydrogens is 1340 g/mol. The zero-order valence-corrected chi connectivity index (χ0v) is 69.6. The number of esters is 4. The highest BCUT2D eigenvalue weighted by atomic mass is 31.2. The van der Waals surface area contributed by atoms with E-state index in [1.54, 1.807) is 0 Å². The zero-order chi connectivity index (χ0) is 75.8. The SMILES string of the molecule is CCCCCCCCCCCC(=O)OC[C@H](COP(=O)(O)OC[C@H](O)COP(=O)(O)OC[C@@H](COC(=O)CCCCCCCCCCCCCCCCCCCCC(C)CC)OC(=O)CCCCCCCCCCCCCCCCCCCCC(C)CC)OC(=O)CCCCCCCCC(C)CC. The summed E-state index contributed by atoms with van der Waals surface area (Å²) in [5, 5.41) is 10.6. The molecule has 0 aliphatic carbocycles. The molecule has 0 radical (unpaired) electrons. The third kappa shape index (κ3) is 74.0. The normalized spacial score (nSPS) is 14.7. The number of carbonyl (C=O) groups excluding carboxylic acids is 4. The van der Waals surface area contributed by atoms with E-state index in [0.29, 0.717) is 25.7 Å². The molecule has 0 heterocycles. The quantitative estimate of drug-likeness (QED) is 0.0222. The van der Waals surface area contributed by atoms with E-state index >= 15 is 0 Å². The van der Waals surface area contributed by atoms with Crippen LogP contribution in [0.3, 0.4) is 0 Å². The molecule has 103 heavy (non-hydrogen) atoms. The van der Waals surface area contributed by atoms with E-state index in [1.165, 1.54) is 250 Å². The molecule has 0 aromatic carbocycles. The van der Waals surface area contributed by atoms with E-state index < -0.39 is 97.5 Å². The van der Waals surface area contributed by atoms with Crippen LogP contribution in [0.2, 0.25) is 0 Å². The summed E-state index contributed by atoms with van der Waals surface area (Å²) in [4.78, 5) is 73.0. The van der Waals surface area contributed by atoms with Gasteiger partial charge < -0.3 is 33.8 Å². The second-order valence-corrected chi connectivity index (χ2v) is 33.9. The van der Waals surface area contributed by atoms with Gasteiger partial charge in [-0.25, -0.2) is 9.13 Å². The van der Waals surface area contributed by atoms with Gasteiger partial charge in [-0.2, -0.15) is 0 Å². The topological polar surface area (TPSA) is 237 Å². The second-order valence-electron chi connectivity index (χ2n) is 30.9. The van der Waals surface area contributed by atoms with Crippen LogP contribution >= 0.6 is 15.6 Å². The number of rotatable bonds is 82. The lowest BCUT2D eigenvalue weighted by molar-refractivity contribution is -0.161. The highest BCUT2D eigenvalue weighted by Crippen LogP contribution is 2.45. The number of unbranched alkanes of at least 4 members (excludes halogenated alkanes) is 47. The maximum Gasteiger partial charge on any atom is 0.472 e. The van der Waals surface area contributed by atoms with Gasteiger partial charge >= 0.3 is 39.5 Å². The second kappa shape index (κ2) is 74.2. The van der Waals surface area contributed by atoms with E-state index in [2.05, 4.69) is 48.5 Å². The van der Waals surface area contributed by atoms with Crippen molar-refractivity contribution in [3.05, 3.63) is 0 Å². The number of phosphoric acid groups is 2. The Morgan fingerprint density at radius 2 is 0.466 bits per heavy atom. The molecule has 17 nitrogen and oxygen atoms in total. The van der Waals surface area contributed by atoms with Crippen LogP contribution in [0.1, 0.15) is 440 Å². The van der Waals surface area contributed by atoms with Gasteiger partial charge in [-0.15, -0.1) is 0 Å². The molecule has 0 aromatic rings. The van der Waals surface area contributed by atoms with Crippen LogP contribution in [-0.4, -0.2) is 96.7 Å². The number of carbonyl (C=O) groups is 4. The molecule has 0 aliphatic heterocycles. The van der Waals surface area contributed by atoms with Crippen molar-refractivity contribution < 1.29 is 80.2 Å².